The van der Waals surface area contributed by atoms with Crippen molar-refractivity contribution >= 4 is 5.78 Å². The van der Waals surface area contributed by atoms with E-state index in [1.807, 2.05) is 0 Å². The van der Waals surface area contributed by atoms with Crippen LogP contribution in [0.3, 0.4) is 0 Å². The van der Waals surface area contributed by atoms with Crippen molar-refractivity contribution in [2.75, 3.05) is 40.3 Å². The molecule has 0 heterocycles. The molecular formula is C12H26N2O. The van der Waals surface area contributed by atoms with Crippen molar-refractivity contribution in [3.63, 3.8) is 0 Å². The molecule has 0 fully saturated rings. The van der Waals surface area contributed by atoms with Gasteiger partial charge in [-0.25, -0.2) is 0 Å². The molecule has 0 aromatic heterocycles. The molecule has 0 bridgehead atoms. The Morgan fingerprint density at radius 3 is 2.13 bits per heavy atom. The Morgan fingerprint density at radius 1 is 1.07 bits per heavy atom. The molecule has 0 aromatic carbocycles. The third kappa shape index (κ3) is 9.88. The normalized spacial score (nSPS) is 11.3. The molecule has 0 saturated heterocycles. The summed E-state index contributed by atoms with van der Waals surface area (Å²) in [5.74, 6) is 0.305. The molecule has 3 heteroatoms. The molecule has 15 heavy (non-hydrogen) atoms. The summed E-state index contributed by atoms with van der Waals surface area (Å²) >= 11 is 0. The Kier molecular flexibility index (Phi) is 8.62. The monoisotopic (exact) mass is 214 g/mol. The van der Waals surface area contributed by atoms with Crippen LogP contribution >= 0.6 is 0 Å². The summed E-state index contributed by atoms with van der Waals surface area (Å²) in [5.41, 5.74) is 0. The number of nitrogens with zero attached hydrogens (tertiary/aromatic N) is 2. The number of carbonyl (C=O) groups excluding carboxylic acids is 1. The Morgan fingerprint density at radius 2 is 1.67 bits per heavy atom. The average molecular weight is 214 g/mol. The van der Waals surface area contributed by atoms with E-state index in [4.69, 9.17) is 0 Å². The van der Waals surface area contributed by atoms with Crippen LogP contribution in [0.5, 0.6) is 0 Å². The summed E-state index contributed by atoms with van der Waals surface area (Å²) in [6.07, 6.45) is 2.94. The van der Waals surface area contributed by atoms with Crippen LogP contribution < -0.4 is 0 Å². The van der Waals surface area contributed by atoms with Gasteiger partial charge in [0.1, 0.15) is 5.78 Å². The van der Waals surface area contributed by atoms with Crippen LogP contribution in [0.1, 0.15) is 33.1 Å². The summed E-state index contributed by atoms with van der Waals surface area (Å²) in [5, 5.41) is 0. The van der Waals surface area contributed by atoms with Crippen LogP contribution in [0.25, 0.3) is 0 Å². The van der Waals surface area contributed by atoms with Crippen molar-refractivity contribution in [3.05, 3.63) is 0 Å². The zero-order chi connectivity index (χ0) is 11.7. The van der Waals surface area contributed by atoms with Gasteiger partial charge in [-0.15, -0.1) is 0 Å². The van der Waals surface area contributed by atoms with Gasteiger partial charge in [0.25, 0.3) is 0 Å². The van der Waals surface area contributed by atoms with Gasteiger partial charge in [-0.1, -0.05) is 6.92 Å². The van der Waals surface area contributed by atoms with Gasteiger partial charge in [0.2, 0.25) is 0 Å². The second-order valence-corrected chi connectivity index (χ2v) is 4.40. The van der Waals surface area contributed by atoms with Gasteiger partial charge in [0.05, 0.1) is 0 Å². The van der Waals surface area contributed by atoms with Crippen molar-refractivity contribution in [2.45, 2.75) is 33.1 Å². The Hall–Kier alpha value is -0.410. The number of rotatable bonds is 9. The molecular weight excluding hydrogens is 188 g/mol. The van der Waals surface area contributed by atoms with Gasteiger partial charge in [-0.2, -0.15) is 0 Å². The van der Waals surface area contributed by atoms with Crippen molar-refractivity contribution < 1.29 is 4.79 Å². The SMILES string of the molecule is CCN(CCCC(C)=O)CCCN(C)C. The van der Waals surface area contributed by atoms with Gasteiger partial charge in [-0.3, -0.25) is 0 Å². The molecule has 90 valence electrons. The fourth-order valence-corrected chi connectivity index (χ4v) is 1.59. The van der Waals surface area contributed by atoms with E-state index in [1.165, 1.54) is 6.42 Å². The summed E-state index contributed by atoms with van der Waals surface area (Å²) in [6, 6.07) is 0. The fourth-order valence-electron chi connectivity index (χ4n) is 1.59. The standard InChI is InChI=1S/C12H26N2O/c1-5-14(10-6-8-12(2)15)11-7-9-13(3)4/h5-11H2,1-4H3. The predicted molar refractivity (Wildman–Crippen MR) is 65.2 cm³/mol. The van der Waals surface area contributed by atoms with Gasteiger partial charge in [-0.05, 0) is 60.0 Å². The Bertz CT molecular complexity index is 169. The Labute approximate surface area is 94.4 Å². The molecule has 0 amide bonds. The molecule has 0 aliphatic heterocycles. The van der Waals surface area contributed by atoms with Crippen LogP contribution in [0.2, 0.25) is 0 Å². The smallest absolute Gasteiger partial charge is 0.129 e. The molecule has 0 N–H and O–H groups in total. The van der Waals surface area contributed by atoms with Gasteiger partial charge in [0.15, 0.2) is 0 Å². The van der Waals surface area contributed by atoms with Crippen molar-refractivity contribution in [1.29, 1.82) is 0 Å². The molecule has 0 aromatic rings. The third-order valence-electron chi connectivity index (χ3n) is 2.53. The quantitative estimate of drug-likeness (QED) is 0.583. The lowest BCUT2D eigenvalue weighted by Gasteiger charge is -2.21. The van der Waals surface area contributed by atoms with E-state index in [0.29, 0.717) is 5.78 Å². The number of ketones is 1. The van der Waals surface area contributed by atoms with Gasteiger partial charge >= 0.3 is 0 Å². The van der Waals surface area contributed by atoms with E-state index in [2.05, 4.69) is 30.8 Å². The van der Waals surface area contributed by atoms with E-state index < -0.39 is 0 Å². The zero-order valence-electron chi connectivity index (χ0n) is 10.8. The van der Waals surface area contributed by atoms with Crippen molar-refractivity contribution in [1.82, 2.24) is 9.80 Å². The molecule has 0 saturated carbocycles. The molecule has 0 aliphatic carbocycles. The van der Waals surface area contributed by atoms with Crippen LogP contribution in [-0.4, -0.2) is 55.9 Å². The molecule has 0 aliphatic rings. The highest BCUT2D eigenvalue weighted by atomic mass is 16.1. The highest BCUT2D eigenvalue weighted by Crippen LogP contribution is 1.98. The third-order valence-corrected chi connectivity index (χ3v) is 2.53. The number of hydrogen-bond donors (Lipinski definition) is 0. The first-order chi connectivity index (χ1) is 7.06. The van der Waals surface area contributed by atoms with Crippen LogP contribution in [-0.2, 0) is 4.79 Å². The average Bonchev–Trinajstić information content (AvgIpc) is 2.14. The minimum Gasteiger partial charge on any atom is -0.309 e. The number of hydrogen-bond acceptors (Lipinski definition) is 3. The van der Waals surface area contributed by atoms with E-state index in [9.17, 15) is 4.79 Å². The van der Waals surface area contributed by atoms with Gasteiger partial charge in [0, 0.05) is 6.42 Å². The Balaban J connectivity index is 3.50. The summed E-state index contributed by atoms with van der Waals surface area (Å²) in [4.78, 5) is 15.4. The van der Waals surface area contributed by atoms with E-state index in [-0.39, 0.29) is 0 Å². The summed E-state index contributed by atoms with van der Waals surface area (Å²) < 4.78 is 0. The fraction of sp³-hybridized carbons (Fsp3) is 0.917. The largest absolute Gasteiger partial charge is 0.309 e. The molecule has 0 unspecified atom stereocenters. The minimum atomic E-state index is 0.305. The molecule has 0 atom stereocenters. The highest BCUT2D eigenvalue weighted by Gasteiger charge is 2.03. The van der Waals surface area contributed by atoms with Crippen molar-refractivity contribution in [3.8, 4) is 0 Å². The predicted octanol–water partition coefficient (Wildman–Crippen LogP) is 1.63. The number of Topliss-reactive ketones (excluding diaryl/α,β-unsaturated/α-hetero) is 1. The lowest BCUT2D eigenvalue weighted by molar-refractivity contribution is -0.117. The first-order valence-electron chi connectivity index (χ1n) is 5.92. The first-order valence-corrected chi connectivity index (χ1v) is 5.92. The maximum absolute atomic E-state index is 10.8. The molecule has 0 spiro atoms. The molecule has 0 radical (unpaired) electrons. The van der Waals surface area contributed by atoms with Crippen LogP contribution in [0, 0.1) is 0 Å². The lowest BCUT2D eigenvalue weighted by Crippen LogP contribution is -2.28. The van der Waals surface area contributed by atoms with E-state index >= 15 is 0 Å². The number of carbonyl (C=O) groups is 1. The van der Waals surface area contributed by atoms with Crippen LogP contribution in [0.15, 0.2) is 0 Å². The maximum atomic E-state index is 10.8. The van der Waals surface area contributed by atoms with E-state index in [1.54, 1.807) is 6.92 Å². The summed E-state index contributed by atoms with van der Waals surface area (Å²) in [6.45, 7) is 8.29. The second-order valence-electron chi connectivity index (χ2n) is 4.40. The second kappa shape index (κ2) is 8.86. The van der Waals surface area contributed by atoms with Crippen LogP contribution in [0.4, 0.5) is 0 Å². The maximum Gasteiger partial charge on any atom is 0.129 e. The topological polar surface area (TPSA) is 23.6 Å². The van der Waals surface area contributed by atoms with Gasteiger partial charge < -0.3 is 14.6 Å². The summed E-state index contributed by atoms with van der Waals surface area (Å²) in [7, 11) is 4.21. The van der Waals surface area contributed by atoms with E-state index in [0.717, 1.165) is 39.0 Å². The first kappa shape index (κ1) is 14.6. The minimum absolute atomic E-state index is 0.305. The zero-order valence-corrected chi connectivity index (χ0v) is 10.8. The lowest BCUT2D eigenvalue weighted by atomic mass is 10.2. The highest BCUT2D eigenvalue weighted by molar-refractivity contribution is 5.75. The molecule has 0 rings (SSSR count). The molecule has 3 nitrogen and oxygen atoms in total. The van der Waals surface area contributed by atoms with Crippen molar-refractivity contribution in [2.24, 2.45) is 0 Å².